The van der Waals surface area contributed by atoms with Crippen molar-refractivity contribution < 1.29 is 8.42 Å². The number of aromatic nitrogens is 4. The molecule has 2 aromatic heterocycles. The monoisotopic (exact) mass is 557 g/mol. The van der Waals surface area contributed by atoms with E-state index in [4.69, 9.17) is 10.2 Å². The lowest BCUT2D eigenvalue weighted by Gasteiger charge is -2.08. The number of anilines is 1. The Hall–Kier alpha value is -5.48. The van der Waals surface area contributed by atoms with Crippen molar-refractivity contribution in [3.8, 4) is 28.2 Å². The van der Waals surface area contributed by atoms with Crippen molar-refractivity contribution >= 4 is 27.2 Å². The van der Waals surface area contributed by atoms with E-state index in [0.29, 0.717) is 17.1 Å². The van der Waals surface area contributed by atoms with E-state index in [2.05, 4.69) is 19.8 Å². The lowest BCUT2D eigenvalue weighted by Crippen LogP contribution is -2.13. The largest absolute Gasteiger partial charge is 0.263 e. The molecule has 1 N–H and O–H groups in total. The van der Waals surface area contributed by atoms with Gasteiger partial charge in [0.05, 0.1) is 16.3 Å². The summed E-state index contributed by atoms with van der Waals surface area (Å²) in [6.07, 6.45) is 2.73. The van der Waals surface area contributed by atoms with E-state index in [1.807, 2.05) is 95.7 Å². The molecule has 2 heterocycles. The molecule has 9 nitrogen and oxygen atoms in total. The number of nitrogens with one attached hydrogen (secondary N) is 1. The minimum absolute atomic E-state index is 0.0712. The molecule has 0 spiro atoms. The SMILES string of the molecule is O=S(=O)(Nc1ccncn1)c1ccc(N=Nc2c(-c3ccccc3)nn(-c3ccccc3)c2-c2ccccc2)cc1. The summed E-state index contributed by atoms with van der Waals surface area (Å²) in [5, 5.41) is 14.2. The molecule has 0 aliphatic heterocycles. The molecule has 10 heteroatoms. The topological polar surface area (TPSA) is 114 Å². The Bertz CT molecular complexity index is 1890. The zero-order valence-corrected chi connectivity index (χ0v) is 22.4. The normalized spacial score (nSPS) is 11.5. The van der Waals surface area contributed by atoms with Crippen LogP contribution in [0.5, 0.6) is 0 Å². The number of hydrogen-bond donors (Lipinski definition) is 1. The van der Waals surface area contributed by atoms with Gasteiger partial charge in [0.25, 0.3) is 10.0 Å². The number of azo groups is 1. The summed E-state index contributed by atoms with van der Waals surface area (Å²) in [6.45, 7) is 0. The van der Waals surface area contributed by atoms with Gasteiger partial charge in [0, 0.05) is 17.3 Å². The van der Waals surface area contributed by atoms with Gasteiger partial charge in [-0.2, -0.15) is 10.2 Å². The first kappa shape index (κ1) is 25.8. The molecule has 0 aliphatic carbocycles. The van der Waals surface area contributed by atoms with E-state index in [0.717, 1.165) is 22.5 Å². The van der Waals surface area contributed by atoms with Gasteiger partial charge in [-0.3, -0.25) is 4.72 Å². The Kier molecular flexibility index (Phi) is 7.12. The van der Waals surface area contributed by atoms with Crippen molar-refractivity contribution in [1.82, 2.24) is 19.7 Å². The first-order chi connectivity index (χ1) is 20.1. The number of para-hydroxylation sites is 1. The summed E-state index contributed by atoms with van der Waals surface area (Å²) in [5.41, 5.74) is 5.24. The van der Waals surface area contributed by atoms with Gasteiger partial charge in [0.15, 0.2) is 0 Å². The van der Waals surface area contributed by atoms with Crippen LogP contribution in [0.15, 0.2) is 149 Å². The van der Waals surface area contributed by atoms with Crippen LogP contribution < -0.4 is 4.72 Å². The van der Waals surface area contributed by atoms with E-state index in [9.17, 15) is 8.42 Å². The van der Waals surface area contributed by atoms with Crippen LogP contribution >= 0.6 is 0 Å². The quantitative estimate of drug-likeness (QED) is 0.199. The summed E-state index contributed by atoms with van der Waals surface area (Å²) in [7, 11) is -3.84. The molecule has 0 fully saturated rings. The molecule has 4 aromatic carbocycles. The third-order valence-corrected chi connectivity index (χ3v) is 7.56. The van der Waals surface area contributed by atoms with Crippen LogP contribution in [0.1, 0.15) is 0 Å². The number of sulfonamides is 1. The van der Waals surface area contributed by atoms with E-state index in [1.165, 1.54) is 30.7 Å². The second kappa shape index (κ2) is 11.3. The van der Waals surface area contributed by atoms with Gasteiger partial charge in [0.1, 0.15) is 29.2 Å². The van der Waals surface area contributed by atoms with Gasteiger partial charge in [-0.05, 0) is 42.5 Å². The summed E-state index contributed by atoms with van der Waals surface area (Å²) >= 11 is 0. The maximum atomic E-state index is 12.8. The van der Waals surface area contributed by atoms with E-state index in [-0.39, 0.29) is 10.7 Å². The highest BCUT2D eigenvalue weighted by atomic mass is 32.2. The Morgan fingerprint density at radius 2 is 1.32 bits per heavy atom. The summed E-state index contributed by atoms with van der Waals surface area (Å²) in [6, 6.07) is 37.2. The summed E-state index contributed by atoms with van der Waals surface area (Å²) in [5.74, 6) is 0.182. The van der Waals surface area contributed by atoms with Gasteiger partial charge >= 0.3 is 0 Å². The number of rotatable bonds is 8. The van der Waals surface area contributed by atoms with Crippen molar-refractivity contribution in [3.63, 3.8) is 0 Å². The zero-order chi connectivity index (χ0) is 28.1. The molecule has 0 bridgehead atoms. The minimum atomic E-state index is -3.84. The summed E-state index contributed by atoms with van der Waals surface area (Å²) < 4.78 is 29.9. The number of benzene rings is 4. The molecule has 0 saturated carbocycles. The molecule has 0 saturated heterocycles. The summed E-state index contributed by atoms with van der Waals surface area (Å²) in [4.78, 5) is 7.79. The van der Waals surface area contributed by atoms with Crippen LogP contribution in [0.2, 0.25) is 0 Å². The van der Waals surface area contributed by atoms with Crippen LogP contribution in [-0.4, -0.2) is 28.2 Å². The van der Waals surface area contributed by atoms with Crippen molar-refractivity contribution in [2.45, 2.75) is 4.90 Å². The fourth-order valence-corrected chi connectivity index (χ4v) is 5.26. The van der Waals surface area contributed by atoms with Gasteiger partial charge in [-0.15, -0.1) is 5.11 Å². The Labute approximate surface area is 237 Å². The van der Waals surface area contributed by atoms with E-state index < -0.39 is 10.0 Å². The zero-order valence-electron chi connectivity index (χ0n) is 21.6. The molecule has 200 valence electrons. The third kappa shape index (κ3) is 5.63. The fourth-order valence-electron chi connectivity index (χ4n) is 4.25. The highest BCUT2D eigenvalue weighted by Gasteiger charge is 2.22. The lowest BCUT2D eigenvalue weighted by atomic mass is 10.1. The van der Waals surface area contributed by atoms with Crippen LogP contribution in [0.3, 0.4) is 0 Å². The van der Waals surface area contributed by atoms with Crippen molar-refractivity contribution in [2.75, 3.05) is 4.72 Å². The smallest absolute Gasteiger partial charge is 0.263 e. The van der Waals surface area contributed by atoms with Crippen LogP contribution in [-0.2, 0) is 10.0 Å². The van der Waals surface area contributed by atoms with Gasteiger partial charge in [0.2, 0.25) is 0 Å². The average molecular weight is 558 g/mol. The molecule has 6 rings (SSSR count). The van der Waals surface area contributed by atoms with E-state index >= 15 is 0 Å². The fraction of sp³-hybridized carbons (Fsp3) is 0. The maximum Gasteiger partial charge on any atom is 0.263 e. The predicted octanol–water partition coefficient (Wildman–Crippen LogP) is 7.21. The van der Waals surface area contributed by atoms with Gasteiger partial charge in [-0.25, -0.2) is 23.1 Å². The van der Waals surface area contributed by atoms with E-state index in [1.54, 1.807) is 12.1 Å². The predicted molar refractivity (Wildman–Crippen MR) is 158 cm³/mol. The maximum absolute atomic E-state index is 12.8. The van der Waals surface area contributed by atoms with Crippen LogP contribution in [0.4, 0.5) is 17.2 Å². The van der Waals surface area contributed by atoms with Crippen molar-refractivity contribution in [2.24, 2.45) is 10.2 Å². The van der Waals surface area contributed by atoms with Crippen molar-refractivity contribution in [3.05, 3.63) is 134 Å². The standard InChI is InChI=1S/C31H23N7O2S/c39-41(40,37-28-20-21-32-22-33-28)27-18-16-25(17-19-27)34-35-30-29(23-10-4-1-5-11-23)36-38(26-14-8-3-9-15-26)31(30)24-12-6-2-7-13-24/h1-22H,(H,32,33,37). The highest BCUT2D eigenvalue weighted by molar-refractivity contribution is 7.92. The molecule has 6 aromatic rings. The van der Waals surface area contributed by atoms with Crippen LogP contribution in [0.25, 0.3) is 28.2 Å². The number of nitrogens with zero attached hydrogens (tertiary/aromatic N) is 6. The highest BCUT2D eigenvalue weighted by Crippen LogP contribution is 2.41. The Balaban J connectivity index is 1.42. The molecule has 0 radical (unpaired) electrons. The molecule has 0 atom stereocenters. The first-order valence-corrected chi connectivity index (χ1v) is 14.2. The molecular weight excluding hydrogens is 534 g/mol. The second-order valence-corrected chi connectivity index (χ2v) is 10.6. The lowest BCUT2D eigenvalue weighted by molar-refractivity contribution is 0.601. The first-order valence-electron chi connectivity index (χ1n) is 12.7. The third-order valence-electron chi connectivity index (χ3n) is 6.19. The molecule has 0 amide bonds. The van der Waals surface area contributed by atoms with Crippen molar-refractivity contribution in [1.29, 1.82) is 0 Å². The number of hydrogen-bond acceptors (Lipinski definition) is 7. The Morgan fingerprint density at radius 1 is 0.683 bits per heavy atom. The second-order valence-electron chi connectivity index (χ2n) is 8.92. The van der Waals surface area contributed by atoms with Gasteiger partial charge < -0.3 is 0 Å². The van der Waals surface area contributed by atoms with Crippen LogP contribution in [0, 0.1) is 0 Å². The molecule has 0 aliphatic rings. The Morgan fingerprint density at radius 3 is 1.95 bits per heavy atom. The van der Waals surface area contributed by atoms with Gasteiger partial charge in [-0.1, -0.05) is 78.9 Å². The molecule has 0 unspecified atom stereocenters. The average Bonchev–Trinajstić information content (AvgIpc) is 3.41. The molecular formula is C31H23N7O2S. The molecule has 41 heavy (non-hydrogen) atoms. The minimum Gasteiger partial charge on any atom is -0.263 e.